The highest BCUT2D eigenvalue weighted by atomic mass is 16.1. The van der Waals surface area contributed by atoms with Gasteiger partial charge in [0.15, 0.2) is 0 Å². The average molecular weight is 264 g/mol. The molecule has 3 nitrogen and oxygen atoms in total. The Morgan fingerprint density at radius 2 is 1.80 bits per heavy atom. The summed E-state index contributed by atoms with van der Waals surface area (Å²) in [7, 11) is 0. The summed E-state index contributed by atoms with van der Waals surface area (Å²) in [6.07, 6.45) is 0. The summed E-state index contributed by atoms with van der Waals surface area (Å²) in [6, 6.07) is 17.7. The van der Waals surface area contributed by atoms with Crippen LogP contribution in [0.1, 0.15) is 27.4 Å². The van der Waals surface area contributed by atoms with Crippen molar-refractivity contribution in [2.75, 3.05) is 6.54 Å². The van der Waals surface area contributed by atoms with Crippen LogP contribution in [0.5, 0.6) is 0 Å². The molecule has 0 amide bonds. The molecule has 100 valence electrons. The topological polar surface area (TPSA) is 41.5 Å². The van der Waals surface area contributed by atoms with E-state index in [0.29, 0.717) is 17.8 Å². The van der Waals surface area contributed by atoms with Gasteiger partial charge in [-0.2, -0.15) is 5.10 Å². The van der Waals surface area contributed by atoms with E-state index in [1.165, 1.54) is 0 Å². The number of aryl methyl sites for hydroxylation is 1. The second-order valence-electron chi connectivity index (χ2n) is 5.02. The van der Waals surface area contributed by atoms with Crippen molar-refractivity contribution in [2.45, 2.75) is 12.8 Å². The zero-order chi connectivity index (χ0) is 13.9. The molecule has 1 N–H and O–H groups in total. The Hall–Kier alpha value is -2.42. The van der Waals surface area contributed by atoms with Gasteiger partial charge in [-0.05, 0) is 12.5 Å². The highest BCUT2D eigenvalue weighted by molar-refractivity contribution is 6.48. The third kappa shape index (κ3) is 2.35. The van der Waals surface area contributed by atoms with Gasteiger partial charge in [-0.15, -0.1) is 0 Å². The number of nitrogens with one attached hydrogen (secondary N) is 1. The van der Waals surface area contributed by atoms with Gasteiger partial charge in [0.2, 0.25) is 5.78 Å². The molecule has 20 heavy (non-hydrogen) atoms. The van der Waals surface area contributed by atoms with E-state index >= 15 is 0 Å². The molecular formula is C17H16N2O. The van der Waals surface area contributed by atoms with E-state index in [-0.39, 0.29) is 11.7 Å². The maximum atomic E-state index is 12.6. The maximum Gasteiger partial charge on any atom is 0.209 e. The molecule has 0 aromatic heterocycles. The summed E-state index contributed by atoms with van der Waals surface area (Å²) >= 11 is 0. The Morgan fingerprint density at radius 3 is 2.50 bits per heavy atom. The molecule has 0 fully saturated rings. The molecule has 1 aliphatic heterocycles. The standard InChI is InChI=1S/C17H16N2O/c1-12-7-9-14(10-8-12)17(20)16-15(11-18-19-16)13-5-3-2-4-6-13/h2-10,15,18H,11H2,1H3/t15-/m0/s1. The maximum absolute atomic E-state index is 12.6. The Kier molecular flexibility index (Phi) is 3.33. The molecule has 0 saturated heterocycles. The summed E-state index contributed by atoms with van der Waals surface area (Å²) in [5, 5.41) is 4.21. The van der Waals surface area contributed by atoms with E-state index in [1.54, 1.807) is 0 Å². The van der Waals surface area contributed by atoms with Gasteiger partial charge in [-0.1, -0.05) is 60.2 Å². The van der Waals surface area contributed by atoms with Crippen LogP contribution in [0.15, 0.2) is 59.7 Å². The Morgan fingerprint density at radius 1 is 1.10 bits per heavy atom. The van der Waals surface area contributed by atoms with Gasteiger partial charge < -0.3 is 5.43 Å². The van der Waals surface area contributed by atoms with Crippen LogP contribution < -0.4 is 5.43 Å². The lowest BCUT2D eigenvalue weighted by Crippen LogP contribution is -2.21. The summed E-state index contributed by atoms with van der Waals surface area (Å²) in [4.78, 5) is 12.6. The van der Waals surface area contributed by atoms with E-state index in [4.69, 9.17) is 0 Å². The molecule has 0 saturated carbocycles. The molecule has 0 radical (unpaired) electrons. The van der Waals surface area contributed by atoms with Gasteiger partial charge in [-0.25, -0.2) is 0 Å². The number of carbonyl (C=O) groups is 1. The smallest absolute Gasteiger partial charge is 0.209 e. The van der Waals surface area contributed by atoms with Crippen LogP contribution in [0.25, 0.3) is 0 Å². The minimum atomic E-state index is 0.00357. The number of benzene rings is 2. The quantitative estimate of drug-likeness (QED) is 0.866. The normalized spacial score (nSPS) is 17.4. The predicted molar refractivity (Wildman–Crippen MR) is 80.1 cm³/mol. The van der Waals surface area contributed by atoms with Crippen molar-refractivity contribution in [3.63, 3.8) is 0 Å². The lowest BCUT2D eigenvalue weighted by molar-refractivity contribution is 0.106. The second-order valence-corrected chi connectivity index (χ2v) is 5.02. The molecule has 0 spiro atoms. The molecule has 3 rings (SSSR count). The van der Waals surface area contributed by atoms with Crippen LogP contribution in [-0.2, 0) is 0 Å². The van der Waals surface area contributed by atoms with Crippen LogP contribution in [0, 0.1) is 6.92 Å². The SMILES string of the molecule is Cc1ccc(C(=O)C2=NNC[C@H]2c2ccccc2)cc1. The van der Waals surface area contributed by atoms with Crippen LogP contribution in [0.3, 0.4) is 0 Å². The minimum Gasteiger partial charge on any atom is -0.309 e. The zero-order valence-corrected chi connectivity index (χ0v) is 11.3. The van der Waals surface area contributed by atoms with Gasteiger partial charge >= 0.3 is 0 Å². The number of hydrogen-bond acceptors (Lipinski definition) is 3. The van der Waals surface area contributed by atoms with Crippen molar-refractivity contribution in [2.24, 2.45) is 5.10 Å². The van der Waals surface area contributed by atoms with Gasteiger partial charge in [0, 0.05) is 12.1 Å². The number of ketones is 1. The van der Waals surface area contributed by atoms with Crippen molar-refractivity contribution in [1.29, 1.82) is 0 Å². The first-order chi connectivity index (χ1) is 9.75. The Labute approximate surface area is 118 Å². The number of nitrogens with zero attached hydrogens (tertiary/aromatic N) is 1. The van der Waals surface area contributed by atoms with Crippen molar-refractivity contribution in [3.05, 3.63) is 71.3 Å². The van der Waals surface area contributed by atoms with Crippen LogP contribution in [0.2, 0.25) is 0 Å². The summed E-state index contributed by atoms with van der Waals surface area (Å²) in [5.41, 5.74) is 6.51. The van der Waals surface area contributed by atoms with Gasteiger partial charge in [0.05, 0.1) is 5.92 Å². The molecule has 1 aliphatic rings. The predicted octanol–water partition coefficient (Wildman–Crippen LogP) is 2.92. The molecule has 1 heterocycles. The number of hydrogen-bond donors (Lipinski definition) is 1. The lowest BCUT2D eigenvalue weighted by atomic mass is 9.90. The largest absolute Gasteiger partial charge is 0.309 e. The van der Waals surface area contributed by atoms with E-state index < -0.39 is 0 Å². The molecule has 2 aromatic rings. The Bertz CT molecular complexity index is 644. The first-order valence-electron chi connectivity index (χ1n) is 6.72. The monoisotopic (exact) mass is 264 g/mol. The molecule has 2 aromatic carbocycles. The van der Waals surface area contributed by atoms with E-state index in [2.05, 4.69) is 10.5 Å². The molecule has 0 unspecified atom stereocenters. The Balaban J connectivity index is 1.89. The van der Waals surface area contributed by atoms with Crippen molar-refractivity contribution in [3.8, 4) is 0 Å². The van der Waals surface area contributed by atoms with Crippen LogP contribution >= 0.6 is 0 Å². The molecule has 1 atom stereocenters. The van der Waals surface area contributed by atoms with Gasteiger partial charge in [0.25, 0.3) is 0 Å². The summed E-state index contributed by atoms with van der Waals surface area (Å²) in [6.45, 7) is 2.69. The number of carbonyl (C=O) groups excluding carboxylic acids is 1. The van der Waals surface area contributed by atoms with E-state index in [1.807, 2.05) is 61.5 Å². The fraction of sp³-hybridized carbons (Fsp3) is 0.176. The molecule has 0 bridgehead atoms. The summed E-state index contributed by atoms with van der Waals surface area (Å²) in [5.74, 6) is 0.0360. The molecular weight excluding hydrogens is 248 g/mol. The zero-order valence-electron chi connectivity index (χ0n) is 11.3. The first kappa shape index (κ1) is 12.6. The van der Waals surface area contributed by atoms with Gasteiger partial charge in [-0.3, -0.25) is 4.79 Å². The average Bonchev–Trinajstić information content (AvgIpc) is 2.97. The fourth-order valence-electron chi connectivity index (χ4n) is 2.42. The summed E-state index contributed by atoms with van der Waals surface area (Å²) < 4.78 is 0. The lowest BCUT2D eigenvalue weighted by Gasteiger charge is -2.11. The van der Waals surface area contributed by atoms with E-state index in [0.717, 1.165) is 11.1 Å². The number of hydrazone groups is 1. The highest BCUT2D eigenvalue weighted by Crippen LogP contribution is 2.22. The first-order valence-corrected chi connectivity index (χ1v) is 6.72. The van der Waals surface area contributed by atoms with Crippen LogP contribution in [-0.4, -0.2) is 18.0 Å². The van der Waals surface area contributed by atoms with E-state index in [9.17, 15) is 4.79 Å². The highest BCUT2D eigenvalue weighted by Gasteiger charge is 2.29. The minimum absolute atomic E-state index is 0.00357. The second kappa shape index (κ2) is 5.29. The van der Waals surface area contributed by atoms with Crippen molar-refractivity contribution < 1.29 is 4.79 Å². The number of rotatable bonds is 3. The van der Waals surface area contributed by atoms with Crippen LogP contribution in [0.4, 0.5) is 0 Å². The molecule has 3 heteroatoms. The third-order valence-electron chi connectivity index (χ3n) is 3.57. The molecule has 0 aliphatic carbocycles. The fourth-order valence-corrected chi connectivity index (χ4v) is 2.42. The van der Waals surface area contributed by atoms with Gasteiger partial charge in [0.1, 0.15) is 5.71 Å². The number of Topliss-reactive ketones (excluding diaryl/α,β-unsaturated/α-hetero) is 1. The third-order valence-corrected chi connectivity index (χ3v) is 3.57. The van der Waals surface area contributed by atoms with Crippen molar-refractivity contribution in [1.82, 2.24) is 5.43 Å². The van der Waals surface area contributed by atoms with Crippen molar-refractivity contribution >= 4 is 11.5 Å².